The first-order valence-electron chi connectivity index (χ1n) is 6.85. The highest BCUT2D eigenvalue weighted by Gasteiger charge is 2.11. The highest BCUT2D eigenvalue weighted by molar-refractivity contribution is 7.99. The predicted molar refractivity (Wildman–Crippen MR) is 84.5 cm³/mol. The Morgan fingerprint density at radius 2 is 2.00 bits per heavy atom. The van der Waals surface area contributed by atoms with Gasteiger partial charge in [0.1, 0.15) is 5.01 Å². The molecule has 0 saturated carbocycles. The van der Waals surface area contributed by atoms with E-state index in [-0.39, 0.29) is 0 Å². The Bertz CT molecular complexity index is 346. The first-order chi connectivity index (χ1) is 8.52. The number of hydrogen-bond acceptors (Lipinski definition) is 4. The molecule has 0 aliphatic carbocycles. The van der Waals surface area contributed by atoms with E-state index in [1.165, 1.54) is 22.0 Å². The minimum atomic E-state index is 0.537. The number of aryl methyl sites for hydroxylation is 1. The lowest BCUT2D eigenvalue weighted by Crippen LogP contribution is -2.21. The molecule has 104 valence electrons. The van der Waals surface area contributed by atoms with Crippen molar-refractivity contribution < 1.29 is 0 Å². The highest BCUT2D eigenvalue weighted by Crippen LogP contribution is 2.25. The molecule has 1 N–H and O–H groups in total. The van der Waals surface area contributed by atoms with Crippen LogP contribution in [-0.4, -0.2) is 16.3 Å². The molecule has 1 aromatic heterocycles. The molecule has 1 heterocycles. The average molecular weight is 287 g/mol. The van der Waals surface area contributed by atoms with E-state index in [0.29, 0.717) is 11.3 Å². The SMILES string of the molecule is CCCc1nc(CSC(C)C)sc1CNC(C)C. The fraction of sp³-hybridized carbons (Fsp3) is 0.786. The predicted octanol–water partition coefficient (Wildman–Crippen LogP) is 4.24. The van der Waals surface area contributed by atoms with Gasteiger partial charge in [-0.3, -0.25) is 0 Å². The third-order valence-corrected chi connectivity index (χ3v) is 4.91. The summed E-state index contributed by atoms with van der Waals surface area (Å²) >= 11 is 3.87. The van der Waals surface area contributed by atoms with E-state index in [1.54, 1.807) is 0 Å². The number of nitrogens with zero attached hydrogens (tertiary/aromatic N) is 1. The summed E-state index contributed by atoms with van der Waals surface area (Å²) in [7, 11) is 0. The molecule has 4 heteroatoms. The second kappa shape index (κ2) is 8.18. The Morgan fingerprint density at radius 3 is 2.56 bits per heavy atom. The summed E-state index contributed by atoms with van der Waals surface area (Å²) < 4.78 is 0. The third-order valence-electron chi connectivity index (χ3n) is 2.52. The van der Waals surface area contributed by atoms with Crippen molar-refractivity contribution in [2.75, 3.05) is 0 Å². The first-order valence-corrected chi connectivity index (χ1v) is 8.71. The third kappa shape index (κ3) is 5.72. The van der Waals surface area contributed by atoms with E-state index < -0.39 is 0 Å². The molecule has 0 fully saturated rings. The number of aromatic nitrogens is 1. The van der Waals surface area contributed by atoms with Crippen molar-refractivity contribution in [1.82, 2.24) is 10.3 Å². The Labute approximate surface area is 120 Å². The van der Waals surface area contributed by atoms with E-state index >= 15 is 0 Å². The molecule has 0 saturated heterocycles. The molecule has 2 nitrogen and oxygen atoms in total. The molecule has 0 atom stereocenters. The van der Waals surface area contributed by atoms with Crippen LogP contribution < -0.4 is 5.32 Å². The largest absolute Gasteiger partial charge is 0.310 e. The van der Waals surface area contributed by atoms with Gasteiger partial charge < -0.3 is 5.32 Å². The first kappa shape index (κ1) is 16.0. The fourth-order valence-corrected chi connectivity index (χ4v) is 3.45. The normalized spacial score (nSPS) is 11.7. The van der Waals surface area contributed by atoms with Crippen LogP contribution in [0.3, 0.4) is 0 Å². The van der Waals surface area contributed by atoms with Gasteiger partial charge in [0.25, 0.3) is 0 Å². The molecule has 0 aliphatic heterocycles. The van der Waals surface area contributed by atoms with Gasteiger partial charge in [-0.15, -0.1) is 11.3 Å². The molecule has 18 heavy (non-hydrogen) atoms. The van der Waals surface area contributed by atoms with Gasteiger partial charge in [0, 0.05) is 23.2 Å². The topological polar surface area (TPSA) is 24.9 Å². The Kier molecular flexibility index (Phi) is 7.27. The number of thiazole rings is 1. The second-order valence-corrected chi connectivity index (χ2v) is 7.86. The molecule has 0 spiro atoms. The van der Waals surface area contributed by atoms with Crippen molar-refractivity contribution in [3.05, 3.63) is 15.6 Å². The summed E-state index contributed by atoms with van der Waals surface area (Å²) in [6.45, 7) is 12.1. The lowest BCUT2D eigenvalue weighted by Gasteiger charge is -2.07. The molecule has 0 aliphatic rings. The zero-order chi connectivity index (χ0) is 13.5. The number of thioether (sulfide) groups is 1. The lowest BCUT2D eigenvalue weighted by atomic mass is 10.2. The molecule has 0 amide bonds. The molecular weight excluding hydrogens is 260 g/mol. The Balaban J connectivity index is 2.66. The van der Waals surface area contributed by atoms with Gasteiger partial charge in [0.15, 0.2) is 0 Å². The maximum atomic E-state index is 4.81. The summed E-state index contributed by atoms with van der Waals surface area (Å²) in [4.78, 5) is 6.24. The molecule has 0 aromatic carbocycles. The smallest absolute Gasteiger partial charge is 0.103 e. The standard InChI is InChI=1S/C14H26N2S2/c1-6-7-12-13(8-15-10(2)3)18-14(16-12)9-17-11(4)5/h10-11,15H,6-9H2,1-5H3. The van der Waals surface area contributed by atoms with E-state index in [9.17, 15) is 0 Å². The van der Waals surface area contributed by atoms with Crippen molar-refractivity contribution >= 4 is 23.1 Å². The van der Waals surface area contributed by atoms with Crippen LogP contribution in [0.5, 0.6) is 0 Å². The maximum Gasteiger partial charge on any atom is 0.103 e. The average Bonchev–Trinajstić information content (AvgIpc) is 2.67. The maximum absolute atomic E-state index is 4.81. The van der Waals surface area contributed by atoms with Crippen molar-refractivity contribution in [2.45, 2.75) is 71.0 Å². The monoisotopic (exact) mass is 286 g/mol. The van der Waals surface area contributed by atoms with Crippen LogP contribution in [0.15, 0.2) is 0 Å². The van der Waals surface area contributed by atoms with Crippen LogP contribution in [0.25, 0.3) is 0 Å². The molecule has 0 bridgehead atoms. The van der Waals surface area contributed by atoms with Crippen molar-refractivity contribution in [1.29, 1.82) is 0 Å². The zero-order valence-electron chi connectivity index (χ0n) is 12.2. The van der Waals surface area contributed by atoms with Gasteiger partial charge in [-0.05, 0) is 11.7 Å². The molecule has 0 radical (unpaired) electrons. The Hall–Kier alpha value is -0.0600. The molecule has 0 unspecified atom stereocenters. The summed E-state index contributed by atoms with van der Waals surface area (Å²) in [5.41, 5.74) is 1.31. The van der Waals surface area contributed by atoms with Gasteiger partial charge in [0.2, 0.25) is 0 Å². The van der Waals surface area contributed by atoms with Crippen LogP contribution in [0.1, 0.15) is 56.6 Å². The Morgan fingerprint density at radius 1 is 1.28 bits per heavy atom. The van der Waals surface area contributed by atoms with E-state index in [2.05, 4.69) is 39.9 Å². The van der Waals surface area contributed by atoms with E-state index in [4.69, 9.17) is 4.98 Å². The lowest BCUT2D eigenvalue weighted by molar-refractivity contribution is 0.589. The fourth-order valence-electron chi connectivity index (χ4n) is 1.60. The van der Waals surface area contributed by atoms with Crippen LogP contribution in [0, 0.1) is 0 Å². The van der Waals surface area contributed by atoms with Gasteiger partial charge in [-0.2, -0.15) is 11.8 Å². The number of nitrogens with one attached hydrogen (secondary N) is 1. The van der Waals surface area contributed by atoms with Gasteiger partial charge in [-0.1, -0.05) is 41.0 Å². The summed E-state index contributed by atoms with van der Waals surface area (Å²) in [5.74, 6) is 1.06. The van der Waals surface area contributed by atoms with Crippen LogP contribution in [0.4, 0.5) is 0 Å². The summed E-state index contributed by atoms with van der Waals surface area (Å²) in [5, 5.41) is 5.47. The summed E-state index contributed by atoms with van der Waals surface area (Å²) in [6.07, 6.45) is 2.28. The minimum absolute atomic E-state index is 0.537. The van der Waals surface area contributed by atoms with E-state index in [0.717, 1.165) is 18.7 Å². The quantitative estimate of drug-likeness (QED) is 0.774. The number of hydrogen-bond donors (Lipinski definition) is 1. The van der Waals surface area contributed by atoms with Crippen LogP contribution in [0.2, 0.25) is 0 Å². The second-order valence-electron chi connectivity index (χ2n) is 5.12. The molecular formula is C14H26N2S2. The van der Waals surface area contributed by atoms with Crippen molar-refractivity contribution in [3.8, 4) is 0 Å². The number of rotatable bonds is 8. The van der Waals surface area contributed by atoms with E-state index in [1.807, 2.05) is 23.1 Å². The van der Waals surface area contributed by atoms with Gasteiger partial charge in [-0.25, -0.2) is 4.98 Å². The highest BCUT2D eigenvalue weighted by atomic mass is 32.2. The van der Waals surface area contributed by atoms with Crippen LogP contribution >= 0.6 is 23.1 Å². The van der Waals surface area contributed by atoms with Crippen molar-refractivity contribution in [2.24, 2.45) is 0 Å². The summed E-state index contributed by atoms with van der Waals surface area (Å²) in [6, 6.07) is 0.537. The minimum Gasteiger partial charge on any atom is -0.310 e. The van der Waals surface area contributed by atoms with Crippen LogP contribution in [-0.2, 0) is 18.7 Å². The zero-order valence-corrected chi connectivity index (χ0v) is 13.9. The van der Waals surface area contributed by atoms with Gasteiger partial charge >= 0.3 is 0 Å². The van der Waals surface area contributed by atoms with Crippen molar-refractivity contribution in [3.63, 3.8) is 0 Å². The van der Waals surface area contributed by atoms with Gasteiger partial charge in [0.05, 0.1) is 5.69 Å². The molecule has 1 aromatic rings. The molecule has 1 rings (SSSR count).